The topological polar surface area (TPSA) is 55.3 Å². The van der Waals surface area contributed by atoms with E-state index in [0.29, 0.717) is 11.4 Å². The fourth-order valence-electron chi connectivity index (χ4n) is 3.16. The molecule has 4 N–H and O–H groups in total. The molecule has 0 fully saturated rings. The number of benzene rings is 4. The minimum Gasteiger partial charge on any atom is -0.397 e. The van der Waals surface area contributed by atoms with Crippen LogP contribution >= 0.6 is 0 Å². The molecule has 3 heteroatoms. The van der Waals surface area contributed by atoms with Gasteiger partial charge >= 0.3 is 0 Å². The lowest BCUT2D eigenvalue weighted by atomic mass is 10.0. The number of hydrogen-bond acceptors (Lipinski definition) is 3. The lowest BCUT2D eigenvalue weighted by Crippen LogP contribution is -2.09. The standard InChI is InChI=1S/C24H21N3/c25-23-16-13-19(17-24(23)26)18-11-14-22(15-12-18)27(20-7-3-1-4-8-20)21-9-5-2-6-10-21/h1-17H,25-26H2. The maximum atomic E-state index is 5.95. The highest BCUT2D eigenvalue weighted by Crippen LogP contribution is 2.35. The monoisotopic (exact) mass is 351 g/mol. The van der Waals surface area contributed by atoms with E-state index in [0.717, 1.165) is 28.2 Å². The number of para-hydroxylation sites is 2. The van der Waals surface area contributed by atoms with Crippen molar-refractivity contribution in [3.8, 4) is 11.1 Å². The SMILES string of the molecule is Nc1ccc(-c2ccc(N(c3ccccc3)c3ccccc3)cc2)cc1N. The van der Waals surface area contributed by atoms with Gasteiger partial charge < -0.3 is 16.4 Å². The molecule has 0 saturated heterocycles. The lowest BCUT2D eigenvalue weighted by Gasteiger charge is -2.25. The van der Waals surface area contributed by atoms with E-state index in [1.165, 1.54) is 0 Å². The minimum atomic E-state index is 0.603. The maximum absolute atomic E-state index is 5.95. The van der Waals surface area contributed by atoms with Gasteiger partial charge in [0.2, 0.25) is 0 Å². The van der Waals surface area contributed by atoms with E-state index in [2.05, 4.69) is 77.7 Å². The zero-order valence-electron chi connectivity index (χ0n) is 14.9. The van der Waals surface area contributed by atoms with Crippen molar-refractivity contribution in [1.82, 2.24) is 0 Å². The van der Waals surface area contributed by atoms with Gasteiger partial charge in [0.05, 0.1) is 11.4 Å². The van der Waals surface area contributed by atoms with E-state index in [-0.39, 0.29) is 0 Å². The zero-order chi connectivity index (χ0) is 18.6. The Bertz CT molecular complexity index is 987. The molecule has 0 spiro atoms. The Morgan fingerprint density at radius 2 is 0.926 bits per heavy atom. The average Bonchev–Trinajstić information content (AvgIpc) is 2.72. The highest BCUT2D eigenvalue weighted by Gasteiger charge is 2.11. The Kier molecular flexibility index (Phi) is 4.50. The summed E-state index contributed by atoms with van der Waals surface area (Å²) in [5, 5.41) is 0. The number of nitrogens with zero attached hydrogens (tertiary/aromatic N) is 1. The molecule has 0 aliphatic carbocycles. The Labute approximate surface area is 159 Å². The van der Waals surface area contributed by atoms with Gasteiger partial charge in [-0.1, -0.05) is 54.6 Å². The van der Waals surface area contributed by atoms with Crippen molar-refractivity contribution in [2.45, 2.75) is 0 Å². The maximum Gasteiger partial charge on any atom is 0.0554 e. The largest absolute Gasteiger partial charge is 0.397 e. The zero-order valence-corrected chi connectivity index (χ0v) is 14.9. The third kappa shape index (κ3) is 3.48. The van der Waals surface area contributed by atoms with Gasteiger partial charge in [-0.2, -0.15) is 0 Å². The van der Waals surface area contributed by atoms with Gasteiger partial charge in [0.25, 0.3) is 0 Å². The molecule has 0 aromatic heterocycles. The van der Waals surface area contributed by atoms with Gasteiger partial charge in [0.1, 0.15) is 0 Å². The molecule has 0 radical (unpaired) electrons. The molecule has 0 aliphatic rings. The van der Waals surface area contributed by atoms with Crippen LogP contribution in [-0.4, -0.2) is 0 Å². The van der Waals surface area contributed by atoms with Crippen LogP contribution in [-0.2, 0) is 0 Å². The van der Waals surface area contributed by atoms with Gasteiger partial charge in [0, 0.05) is 17.1 Å². The first kappa shape index (κ1) is 16.7. The molecule has 0 heterocycles. The van der Waals surface area contributed by atoms with Crippen molar-refractivity contribution >= 4 is 28.4 Å². The molecule has 27 heavy (non-hydrogen) atoms. The van der Waals surface area contributed by atoms with Gasteiger partial charge in [-0.15, -0.1) is 0 Å². The van der Waals surface area contributed by atoms with Crippen molar-refractivity contribution in [1.29, 1.82) is 0 Å². The number of rotatable bonds is 4. The van der Waals surface area contributed by atoms with E-state index in [1.807, 2.05) is 30.3 Å². The quantitative estimate of drug-likeness (QED) is 0.444. The molecule has 3 nitrogen and oxygen atoms in total. The van der Waals surface area contributed by atoms with Crippen LogP contribution < -0.4 is 16.4 Å². The Morgan fingerprint density at radius 3 is 1.44 bits per heavy atom. The third-order valence-electron chi connectivity index (χ3n) is 4.57. The molecule has 4 aromatic carbocycles. The molecule has 0 bridgehead atoms. The molecule has 0 saturated carbocycles. The molecular weight excluding hydrogens is 330 g/mol. The average molecular weight is 351 g/mol. The molecule has 0 atom stereocenters. The predicted molar refractivity (Wildman–Crippen MR) is 115 cm³/mol. The van der Waals surface area contributed by atoms with Crippen molar-refractivity contribution in [2.75, 3.05) is 16.4 Å². The molecule has 132 valence electrons. The number of hydrogen-bond donors (Lipinski definition) is 2. The first-order valence-corrected chi connectivity index (χ1v) is 8.88. The van der Waals surface area contributed by atoms with Gasteiger partial charge in [0.15, 0.2) is 0 Å². The second-order valence-electron chi connectivity index (χ2n) is 6.40. The molecular formula is C24H21N3. The lowest BCUT2D eigenvalue weighted by molar-refractivity contribution is 1.28. The summed E-state index contributed by atoms with van der Waals surface area (Å²) in [7, 11) is 0. The summed E-state index contributed by atoms with van der Waals surface area (Å²) in [6.07, 6.45) is 0. The summed E-state index contributed by atoms with van der Waals surface area (Å²) in [4.78, 5) is 2.24. The second kappa shape index (κ2) is 7.26. The molecule has 4 rings (SSSR count). The smallest absolute Gasteiger partial charge is 0.0554 e. The number of anilines is 5. The van der Waals surface area contributed by atoms with Crippen LogP contribution in [0.3, 0.4) is 0 Å². The number of nitrogens with two attached hydrogens (primary N) is 2. The Hall–Kier alpha value is -3.72. The Balaban J connectivity index is 1.74. The summed E-state index contributed by atoms with van der Waals surface area (Å²) in [5.74, 6) is 0. The first-order valence-electron chi connectivity index (χ1n) is 8.88. The molecule has 0 aliphatic heterocycles. The van der Waals surface area contributed by atoms with Crippen LogP contribution in [0.15, 0.2) is 103 Å². The van der Waals surface area contributed by atoms with Crippen molar-refractivity contribution < 1.29 is 0 Å². The van der Waals surface area contributed by atoms with Crippen LogP contribution in [0.2, 0.25) is 0 Å². The van der Waals surface area contributed by atoms with Crippen LogP contribution in [0.5, 0.6) is 0 Å². The fourth-order valence-corrected chi connectivity index (χ4v) is 3.16. The van der Waals surface area contributed by atoms with Gasteiger partial charge in [-0.25, -0.2) is 0 Å². The minimum absolute atomic E-state index is 0.603. The van der Waals surface area contributed by atoms with Gasteiger partial charge in [-0.3, -0.25) is 0 Å². The van der Waals surface area contributed by atoms with Crippen LogP contribution in [0.25, 0.3) is 11.1 Å². The first-order chi connectivity index (χ1) is 13.2. The highest BCUT2D eigenvalue weighted by molar-refractivity contribution is 5.79. The van der Waals surface area contributed by atoms with E-state index in [1.54, 1.807) is 0 Å². The number of nitrogen functional groups attached to an aromatic ring is 2. The molecule has 4 aromatic rings. The van der Waals surface area contributed by atoms with E-state index in [4.69, 9.17) is 11.5 Å². The summed E-state index contributed by atoms with van der Waals surface area (Å²) in [6, 6.07) is 34.9. The molecule has 0 amide bonds. The van der Waals surface area contributed by atoms with E-state index < -0.39 is 0 Å². The summed E-state index contributed by atoms with van der Waals surface area (Å²) in [5.41, 5.74) is 18.5. The van der Waals surface area contributed by atoms with Crippen molar-refractivity contribution in [3.05, 3.63) is 103 Å². The predicted octanol–water partition coefficient (Wildman–Crippen LogP) is 5.99. The normalized spacial score (nSPS) is 10.5. The Morgan fingerprint density at radius 1 is 0.444 bits per heavy atom. The van der Waals surface area contributed by atoms with Crippen molar-refractivity contribution in [2.24, 2.45) is 0 Å². The van der Waals surface area contributed by atoms with Crippen LogP contribution in [0.1, 0.15) is 0 Å². The molecule has 0 unspecified atom stereocenters. The van der Waals surface area contributed by atoms with E-state index >= 15 is 0 Å². The summed E-state index contributed by atoms with van der Waals surface area (Å²) in [6.45, 7) is 0. The summed E-state index contributed by atoms with van der Waals surface area (Å²) >= 11 is 0. The highest BCUT2D eigenvalue weighted by atomic mass is 15.1. The van der Waals surface area contributed by atoms with Gasteiger partial charge in [-0.05, 0) is 59.7 Å². The van der Waals surface area contributed by atoms with Crippen LogP contribution in [0, 0.1) is 0 Å². The van der Waals surface area contributed by atoms with E-state index in [9.17, 15) is 0 Å². The fraction of sp³-hybridized carbons (Fsp3) is 0. The van der Waals surface area contributed by atoms with Crippen LogP contribution in [0.4, 0.5) is 28.4 Å². The second-order valence-corrected chi connectivity index (χ2v) is 6.40. The summed E-state index contributed by atoms with van der Waals surface area (Å²) < 4.78 is 0. The van der Waals surface area contributed by atoms with Crippen molar-refractivity contribution in [3.63, 3.8) is 0 Å². The third-order valence-corrected chi connectivity index (χ3v) is 4.57.